The molecule has 0 atom stereocenters. The number of thiol groups is 1. The van der Waals surface area contributed by atoms with Crippen molar-refractivity contribution in [1.82, 2.24) is 0 Å². The Kier molecular flexibility index (Phi) is 2.10. The molecule has 0 aliphatic heterocycles. The third kappa shape index (κ3) is 1.37. The minimum Gasteiger partial charge on any atom is -0.469 e. The summed E-state index contributed by atoms with van der Waals surface area (Å²) in [6, 6.07) is 0. The van der Waals surface area contributed by atoms with Gasteiger partial charge in [0.05, 0.1) is 12.5 Å². The monoisotopic (exact) mass is 200 g/mol. The standard InChI is InChI=1S/C10H16O2S/c1-12-8(11)9-2-5-10(13,6-3-9)7-4-9/h13H,2-7H2,1H3. The highest BCUT2D eigenvalue weighted by Gasteiger charge is 2.51. The predicted octanol–water partition coefficient (Wildman–Crippen LogP) is 2.18. The van der Waals surface area contributed by atoms with E-state index in [4.69, 9.17) is 4.74 Å². The third-order valence-electron chi connectivity index (χ3n) is 3.83. The van der Waals surface area contributed by atoms with E-state index < -0.39 is 0 Å². The Morgan fingerprint density at radius 1 is 1.15 bits per heavy atom. The Hall–Kier alpha value is -0.180. The lowest BCUT2D eigenvalue weighted by Gasteiger charge is -2.49. The van der Waals surface area contributed by atoms with Crippen LogP contribution >= 0.6 is 12.6 Å². The van der Waals surface area contributed by atoms with Crippen LogP contribution < -0.4 is 0 Å². The molecular formula is C10H16O2S. The molecule has 0 heterocycles. The summed E-state index contributed by atoms with van der Waals surface area (Å²) in [5.41, 5.74) is -0.140. The number of methoxy groups -OCH3 is 1. The first-order valence-electron chi connectivity index (χ1n) is 4.91. The van der Waals surface area contributed by atoms with Gasteiger partial charge >= 0.3 is 5.97 Å². The van der Waals surface area contributed by atoms with Gasteiger partial charge in [0.15, 0.2) is 0 Å². The van der Waals surface area contributed by atoms with E-state index in [-0.39, 0.29) is 16.1 Å². The van der Waals surface area contributed by atoms with Crippen LogP contribution in [-0.4, -0.2) is 17.8 Å². The SMILES string of the molecule is COC(=O)C12CCC(S)(CC1)CC2. The average Bonchev–Trinajstić information content (AvgIpc) is 2.18. The second-order valence-electron chi connectivity index (χ2n) is 4.50. The normalized spacial score (nSPS) is 43.2. The fourth-order valence-corrected chi connectivity index (χ4v) is 3.02. The maximum atomic E-state index is 11.6. The first kappa shape index (κ1) is 9.38. The molecule has 0 amide bonds. The molecule has 0 radical (unpaired) electrons. The van der Waals surface area contributed by atoms with Crippen molar-refractivity contribution in [3.05, 3.63) is 0 Å². The van der Waals surface area contributed by atoms with Crippen LogP contribution in [0.15, 0.2) is 0 Å². The van der Waals surface area contributed by atoms with Gasteiger partial charge in [0.1, 0.15) is 0 Å². The lowest BCUT2D eigenvalue weighted by atomic mass is 9.60. The van der Waals surface area contributed by atoms with Crippen molar-refractivity contribution in [2.75, 3.05) is 7.11 Å². The molecule has 0 aromatic rings. The van der Waals surface area contributed by atoms with E-state index in [0.717, 1.165) is 38.5 Å². The summed E-state index contributed by atoms with van der Waals surface area (Å²) >= 11 is 4.67. The van der Waals surface area contributed by atoms with Crippen LogP contribution in [0.5, 0.6) is 0 Å². The Labute approximate surface area is 84.4 Å². The summed E-state index contributed by atoms with van der Waals surface area (Å²) in [5.74, 6) is 0.00239. The van der Waals surface area contributed by atoms with Gasteiger partial charge in [-0.25, -0.2) is 0 Å². The molecule has 2 nitrogen and oxygen atoms in total. The fourth-order valence-electron chi connectivity index (χ4n) is 2.69. The smallest absolute Gasteiger partial charge is 0.311 e. The van der Waals surface area contributed by atoms with Crippen molar-refractivity contribution in [2.24, 2.45) is 5.41 Å². The van der Waals surface area contributed by atoms with Crippen molar-refractivity contribution in [3.8, 4) is 0 Å². The van der Waals surface area contributed by atoms with E-state index in [9.17, 15) is 4.79 Å². The second-order valence-corrected chi connectivity index (χ2v) is 5.44. The highest BCUT2D eigenvalue weighted by molar-refractivity contribution is 7.81. The zero-order valence-corrected chi connectivity index (χ0v) is 8.90. The summed E-state index contributed by atoms with van der Waals surface area (Å²) in [6.07, 6.45) is 6.15. The fraction of sp³-hybridized carbons (Fsp3) is 0.900. The molecule has 3 rings (SSSR count). The third-order valence-corrected chi connectivity index (χ3v) is 4.50. The number of hydrogen-bond donors (Lipinski definition) is 1. The van der Waals surface area contributed by atoms with Gasteiger partial charge in [-0.2, -0.15) is 12.6 Å². The summed E-state index contributed by atoms with van der Waals surface area (Å²) in [7, 11) is 1.49. The second kappa shape index (κ2) is 2.91. The highest BCUT2D eigenvalue weighted by Crippen LogP contribution is 2.55. The minimum atomic E-state index is -0.140. The Morgan fingerprint density at radius 3 is 2.00 bits per heavy atom. The first-order valence-corrected chi connectivity index (χ1v) is 5.36. The first-order chi connectivity index (χ1) is 6.10. The number of carbonyl (C=O) groups is 1. The number of fused-ring (bicyclic) bond motifs is 3. The molecule has 0 aromatic carbocycles. The van der Waals surface area contributed by atoms with Crippen molar-refractivity contribution in [2.45, 2.75) is 43.3 Å². The molecule has 0 aromatic heterocycles. The van der Waals surface area contributed by atoms with Crippen molar-refractivity contribution < 1.29 is 9.53 Å². The molecule has 0 N–H and O–H groups in total. The topological polar surface area (TPSA) is 26.3 Å². The maximum absolute atomic E-state index is 11.6. The highest BCUT2D eigenvalue weighted by atomic mass is 32.1. The Morgan fingerprint density at radius 2 is 1.62 bits per heavy atom. The Bertz CT molecular complexity index is 213. The van der Waals surface area contributed by atoms with Gasteiger partial charge in [-0.05, 0) is 38.5 Å². The predicted molar refractivity (Wildman–Crippen MR) is 53.9 cm³/mol. The lowest BCUT2D eigenvalue weighted by Crippen LogP contribution is -2.47. The van der Waals surface area contributed by atoms with E-state index in [0.29, 0.717) is 0 Å². The summed E-state index contributed by atoms with van der Waals surface area (Å²) in [5, 5.41) is 0. The quantitative estimate of drug-likeness (QED) is 0.518. The van der Waals surface area contributed by atoms with Gasteiger partial charge in [0, 0.05) is 4.75 Å². The van der Waals surface area contributed by atoms with E-state index in [1.54, 1.807) is 0 Å². The zero-order valence-electron chi connectivity index (χ0n) is 8.01. The van der Waals surface area contributed by atoms with Gasteiger partial charge in [-0.1, -0.05) is 0 Å². The van der Waals surface area contributed by atoms with Gasteiger partial charge < -0.3 is 4.74 Å². The summed E-state index contributed by atoms with van der Waals surface area (Å²) in [6.45, 7) is 0. The van der Waals surface area contributed by atoms with Crippen LogP contribution in [-0.2, 0) is 9.53 Å². The van der Waals surface area contributed by atoms with E-state index in [2.05, 4.69) is 12.6 Å². The molecule has 2 bridgehead atoms. The van der Waals surface area contributed by atoms with E-state index >= 15 is 0 Å². The maximum Gasteiger partial charge on any atom is 0.311 e. The molecule has 3 aliphatic carbocycles. The van der Waals surface area contributed by atoms with Gasteiger partial charge in [0.2, 0.25) is 0 Å². The zero-order chi connectivity index (χ0) is 9.53. The van der Waals surface area contributed by atoms with Crippen LogP contribution in [0, 0.1) is 5.41 Å². The van der Waals surface area contributed by atoms with Crippen LogP contribution in [0.2, 0.25) is 0 Å². The van der Waals surface area contributed by atoms with Crippen LogP contribution in [0.4, 0.5) is 0 Å². The molecule has 3 heteroatoms. The minimum absolute atomic E-state index is 0.00239. The largest absolute Gasteiger partial charge is 0.469 e. The van der Waals surface area contributed by atoms with Crippen molar-refractivity contribution >= 4 is 18.6 Å². The number of ether oxygens (including phenoxy) is 1. The molecule has 3 fully saturated rings. The molecular weight excluding hydrogens is 184 g/mol. The van der Waals surface area contributed by atoms with Crippen molar-refractivity contribution in [3.63, 3.8) is 0 Å². The van der Waals surface area contributed by atoms with Gasteiger partial charge in [0.25, 0.3) is 0 Å². The summed E-state index contributed by atoms with van der Waals surface area (Å²) in [4.78, 5) is 11.6. The average molecular weight is 200 g/mol. The number of esters is 1. The molecule has 0 unspecified atom stereocenters. The molecule has 3 saturated carbocycles. The Balaban J connectivity index is 2.15. The summed E-state index contributed by atoms with van der Waals surface area (Å²) < 4.78 is 5.11. The molecule has 74 valence electrons. The molecule has 0 spiro atoms. The molecule has 0 saturated heterocycles. The van der Waals surface area contributed by atoms with Crippen molar-refractivity contribution in [1.29, 1.82) is 0 Å². The molecule has 3 aliphatic rings. The van der Waals surface area contributed by atoms with Crippen LogP contribution in [0.25, 0.3) is 0 Å². The van der Waals surface area contributed by atoms with Crippen LogP contribution in [0.3, 0.4) is 0 Å². The van der Waals surface area contributed by atoms with Gasteiger partial charge in [-0.3, -0.25) is 4.79 Å². The lowest BCUT2D eigenvalue weighted by molar-refractivity contribution is -0.158. The number of carbonyl (C=O) groups excluding carboxylic acids is 1. The number of hydrogen-bond acceptors (Lipinski definition) is 3. The van der Waals surface area contributed by atoms with E-state index in [1.807, 2.05) is 0 Å². The molecule has 13 heavy (non-hydrogen) atoms. The van der Waals surface area contributed by atoms with Gasteiger partial charge in [-0.15, -0.1) is 0 Å². The number of rotatable bonds is 1. The van der Waals surface area contributed by atoms with Crippen LogP contribution in [0.1, 0.15) is 38.5 Å². The van der Waals surface area contributed by atoms with E-state index in [1.165, 1.54) is 7.11 Å².